The molecule has 18 heteroatoms. The first-order valence-corrected chi connectivity index (χ1v) is 12.8. The zero-order valence-electron chi connectivity index (χ0n) is 22.3. The molecule has 0 bridgehead atoms. The number of hydrogen-bond donors (Lipinski definition) is 1. The molecular formula is C26H18Cl2F7N7O2. The van der Waals surface area contributed by atoms with Crippen molar-refractivity contribution in [1.29, 1.82) is 0 Å². The van der Waals surface area contributed by atoms with E-state index in [-0.39, 0.29) is 29.5 Å². The molecule has 1 aromatic carbocycles. The maximum atomic E-state index is 13.5. The summed E-state index contributed by atoms with van der Waals surface area (Å²) in [6, 6.07) is 6.11. The Kier molecular flexibility index (Phi) is 9.06. The maximum Gasteiger partial charge on any atom is 0.417 e. The molecule has 44 heavy (non-hydrogen) atoms. The molecule has 0 unspecified atom stereocenters. The molecule has 0 aliphatic rings. The molecule has 0 atom stereocenters. The van der Waals surface area contributed by atoms with E-state index in [4.69, 9.17) is 23.2 Å². The van der Waals surface area contributed by atoms with Gasteiger partial charge in [0.15, 0.2) is 11.6 Å². The molecule has 0 radical (unpaired) electrons. The van der Waals surface area contributed by atoms with E-state index in [1.54, 1.807) is 0 Å². The number of hydrazone groups is 1. The second-order valence-electron chi connectivity index (χ2n) is 9.10. The smallest absolute Gasteiger partial charge is 0.268 e. The van der Waals surface area contributed by atoms with E-state index in [1.807, 2.05) is 0 Å². The third-order valence-electron chi connectivity index (χ3n) is 6.07. The summed E-state index contributed by atoms with van der Waals surface area (Å²) in [6.45, 7) is 0.961. The Morgan fingerprint density at radius 3 is 2.07 bits per heavy atom. The fourth-order valence-corrected chi connectivity index (χ4v) is 4.26. The number of alkyl halides is 6. The average Bonchev–Trinajstić information content (AvgIpc) is 2.94. The number of aromatic nitrogens is 4. The van der Waals surface area contributed by atoms with Crippen LogP contribution in [0.25, 0.3) is 0 Å². The molecule has 3 aromatic heterocycles. The number of halogens is 9. The first kappa shape index (κ1) is 32.5. The Bertz CT molecular complexity index is 1850. The van der Waals surface area contributed by atoms with Gasteiger partial charge in [-0.2, -0.15) is 31.4 Å². The van der Waals surface area contributed by atoms with Crippen LogP contribution in [0, 0.1) is 5.82 Å². The molecule has 1 N–H and O–H groups in total. The summed E-state index contributed by atoms with van der Waals surface area (Å²) >= 11 is 12.0. The summed E-state index contributed by atoms with van der Waals surface area (Å²) in [5.41, 5.74) is -1.74. The van der Waals surface area contributed by atoms with Crippen molar-refractivity contribution in [3.8, 4) is 0 Å². The number of anilines is 2. The zero-order valence-corrected chi connectivity index (χ0v) is 23.8. The van der Waals surface area contributed by atoms with Gasteiger partial charge in [-0.15, -0.1) is 0 Å². The zero-order chi connectivity index (χ0) is 32.6. The highest BCUT2D eigenvalue weighted by Gasteiger charge is 2.33. The number of nitrogens with one attached hydrogen (secondary N) is 1. The number of hydrogen-bond acceptors (Lipinski definition) is 7. The van der Waals surface area contributed by atoms with Gasteiger partial charge in [-0.05, 0) is 36.8 Å². The van der Waals surface area contributed by atoms with E-state index >= 15 is 0 Å². The van der Waals surface area contributed by atoms with Crippen molar-refractivity contribution >= 4 is 40.5 Å². The van der Waals surface area contributed by atoms with Crippen molar-refractivity contribution in [2.45, 2.75) is 25.8 Å². The van der Waals surface area contributed by atoms with Gasteiger partial charge in [0.1, 0.15) is 5.82 Å². The molecule has 4 aromatic rings. The molecule has 232 valence electrons. The molecule has 0 saturated heterocycles. The van der Waals surface area contributed by atoms with Crippen molar-refractivity contribution in [2.75, 3.05) is 17.5 Å². The molecule has 0 spiro atoms. The largest absolute Gasteiger partial charge is 0.417 e. The highest BCUT2D eigenvalue weighted by Crippen LogP contribution is 2.34. The molecule has 0 aliphatic heterocycles. The van der Waals surface area contributed by atoms with Crippen LogP contribution in [0.4, 0.5) is 42.4 Å². The lowest BCUT2D eigenvalue weighted by molar-refractivity contribution is -0.138. The normalized spacial score (nSPS) is 12.4. The maximum absolute atomic E-state index is 13.5. The Morgan fingerprint density at radius 2 is 1.52 bits per heavy atom. The highest BCUT2D eigenvalue weighted by molar-refractivity contribution is 6.33. The van der Waals surface area contributed by atoms with E-state index in [0.717, 1.165) is 32.6 Å². The van der Waals surface area contributed by atoms with E-state index in [9.17, 15) is 40.3 Å². The lowest BCUT2D eigenvalue weighted by Gasteiger charge is -2.23. The van der Waals surface area contributed by atoms with Crippen LogP contribution in [-0.4, -0.2) is 32.0 Å². The van der Waals surface area contributed by atoms with Crippen LogP contribution >= 0.6 is 23.2 Å². The minimum Gasteiger partial charge on any atom is -0.268 e. The second-order valence-corrected chi connectivity index (χ2v) is 9.91. The summed E-state index contributed by atoms with van der Waals surface area (Å²) in [4.78, 5) is 34.3. The van der Waals surface area contributed by atoms with E-state index in [2.05, 4.69) is 20.5 Å². The van der Waals surface area contributed by atoms with Crippen LogP contribution in [0.1, 0.15) is 29.2 Å². The van der Waals surface area contributed by atoms with Gasteiger partial charge in [0, 0.05) is 25.6 Å². The summed E-state index contributed by atoms with van der Waals surface area (Å²) in [5.74, 6) is -1.13. The second kappa shape index (κ2) is 12.3. The Balaban J connectivity index is 1.81. The van der Waals surface area contributed by atoms with E-state index in [0.29, 0.717) is 30.1 Å². The standard InChI is InChI=1S/C26H18Cl2F7N7O2/c1-13(38-39-21-19(27)7-15(9-36-21)25(30,31)32)18-12-42(40(2)22-20(28)8-16(10-37-22)26(33,34)35)24(44)41(23(18)43)11-14-3-5-17(29)6-4-14/h3-10,12H,11H2,1-2H3,(H,36,39)/b38-13+. The third-order valence-corrected chi connectivity index (χ3v) is 6.64. The van der Waals surface area contributed by atoms with Crippen molar-refractivity contribution in [3.63, 3.8) is 0 Å². The topological polar surface area (TPSA) is 97.4 Å². The van der Waals surface area contributed by atoms with Crippen LogP contribution in [0.15, 0.2) is 69.7 Å². The number of benzene rings is 1. The van der Waals surface area contributed by atoms with Crippen LogP contribution in [0.3, 0.4) is 0 Å². The summed E-state index contributed by atoms with van der Waals surface area (Å²) in [6.07, 6.45) is -7.40. The predicted molar refractivity (Wildman–Crippen MR) is 149 cm³/mol. The molecule has 0 amide bonds. The SMILES string of the molecule is C/C(=N\Nc1ncc(C(F)(F)F)cc1Cl)c1cn(N(C)c2ncc(C(F)(F)F)cc2Cl)c(=O)n(Cc2ccc(F)cc2)c1=O. The third kappa shape index (κ3) is 7.02. The van der Waals surface area contributed by atoms with Crippen molar-refractivity contribution < 1.29 is 30.7 Å². The predicted octanol–water partition coefficient (Wildman–Crippen LogP) is 6.07. The van der Waals surface area contributed by atoms with E-state index in [1.165, 1.54) is 26.1 Å². The van der Waals surface area contributed by atoms with Gasteiger partial charge in [-0.1, -0.05) is 35.3 Å². The van der Waals surface area contributed by atoms with Gasteiger partial charge in [0.05, 0.1) is 39.0 Å². The van der Waals surface area contributed by atoms with Crippen molar-refractivity contribution in [2.24, 2.45) is 5.10 Å². The lowest BCUT2D eigenvalue weighted by Crippen LogP contribution is -2.48. The number of nitrogens with zero attached hydrogens (tertiary/aromatic N) is 6. The Morgan fingerprint density at radius 1 is 0.955 bits per heavy atom. The van der Waals surface area contributed by atoms with E-state index < -0.39 is 50.6 Å². The van der Waals surface area contributed by atoms with Gasteiger partial charge in [-0.3, -0.25) is 19.8 Å². The molecule has 0 saturated carbocycles. The molecule has 0 aliphatic carbocycles. The Labute approximate surface area is 252 Å². The molecule has 0 fully saturated rings. The van der Waals surface area contributed by atoms with Crippen LogP contribution in [0.5, 0.6) is 0 Å². The molecular weight excluding hydrogens is 646 g/mol. The number of pyridine rings is 2. The summed E-state index contributed by atoms with van der Waals surface area (Å²) in [5, 5.41) is 4.06. The van der Waals surface area contributed by atoms with Gasteiger partial charge in [0.2, 0.25) is 0 Å². The van der Waals surface area contributed by atoms with Gasteiger partial charge in [0.25, 0.3) is 5.56 Å². The first-order chi connectivity index (χ1) is 20.5. The van der Waals surface area contributed by atoms with Gasteiger partial charge in [-0.25, -0.2) is 23.8 Å². The quantitative estimate of drug-likeness (QED) is 0.147. The average molecular weight is 664 g/mol. The minimum absolute atomic E-state index is 0.103. The molecule has 9 nitrogen and oxygen atoms in total. The first-order valence-electron chi connectivity index (χ1n) is 12.1. The summed E-state index contributed by atoms with van der Waals surface area (Å²) in [7, 11) is 1.25. The van der Waals surface area contributed by atoms with Gasteiger partial charge < -0.3 is 0 Å². The monoisotopic (exact) mass is 663 g/mol. The van der Waals surface area contributed by atoms with Gasteiger partial charge >= 0.3 is 18.0 Å². The van der Waals surface area contributed by atoms with Crippen molar-refractivity contribution in [3.05, 3.63) is 114 Å². The minimum atomic E-state index is -4.74. The van der Waals surface area contributed by atoms with Crippen LogP contribution < -0.4 is 21.7 Å². The summed E-state index contributed by atoms with van der Waals surface area (Å²) < 4.78 is 93.3. The molecule has 3 heterocycles. The lowest BCUT2D eigenvalue weighted by atomic mass is 10.2. The fraction of sp³-hybridized carbons (Fsp3) is 0.192. The Hall–Kier alpha value is -4.44. The van der Waals surface area contributed by atoms with Crippen LogP contribution in [0.2, 0.25) is 10.0 Å². The van der Waals surface area contributed by atoms with Crippen molar-refractivity contribution in [1.82, 2.24) is 19.2 Å². The highest BCUT2D eigenvalue weighted by atomic mass is 35.5. The fourth-order valence-electron chi connectivity index (χ4n) is 3.76. The van der Waals surface area contributed by atoms with Crippen LogP contribution in [-0.2, 0) is 18.9 Å². The number of rotatable bonds is 7. The molecule has 4 rings (SSSR count).